The molecule has 84 valence electrons. The van der Waals surface area contributed by atoms with Crippen molar-refractivity contribution in [1.29, 1.82) is 0 Å². The fourth-order valence-electron chi connectivity index (χ4n) is 1.69. The van der Waals surface area contributed by atoms with E-state index in [2.05, 4.69) is 17.6 Å². The van der Waals surface area contributed by atoms with E-state index in [0.29, 0.717) is 5.75 Å². The van der Waals surface area contributed by atoms with Gasteiger partial charge < -0.3 is 14.8 Å². The van der Waals surface area contributed by atoms with E-state index in [4.69, 9.17) is 9.84 Å². The van der Waals surface area contributed by atoms with Crippen molar-refractivity contribution >= 4 is 29.5 Å². The fraction of sp³-hybridized carbons (Fsp3) is 0.182. The highest BCUT2D eigenvalue weighted by molar-refractivity contribution is 7.80. The van der Waals surface area contributed by atoms with E-state index in [0.717, 1.165) is 16.6 Å². The van der Waals surface area contributed by atoms with Crippen LogP contribution in [-0.4, -0.2) is 22.0 Å². The normalized spacial score (nSPS) is 10.6. The van der Waals surface area contributed by atoms with Crippen molar-refractivity contribution in [3.05, 3.63) is 29.5 Å². The third-order valence-corrected chi connectivity index (χ3v) is 2.51. The number of hydrogen-bond acceptors (Lipinski definition) is 3. The van der Waals surface area contributed by atoms with Crippen LogP contribution >= 0.6 is 12.6 Å². The molecule has 1 heterocycles. The molecule has 0 amide bonds. The van der Waals surface area contributed by atoms with Crippen molar-refractivity contribution in [3.63, 3.8) is 0 Å². The third-order valence-electron chi connectivity index (χ3n) is 2.38. The molecule has 0 radical (unpaired) electrons. The molecule has 0 aliphatic rings. The first-order valence-electron chi connectivity index (χ1n) is 4.72. The lowest BCUT2D eigenvalue weighted by molar-refractivity contribution is 0.0697. The number of aryl methyl sites for hydroxylation is 1. The number of ether oxygens (including phenoxy) is 1. The number of carboxylic acid groups (broad SMARTS) is 1. The Kier molecular flexibility index (Phi) is 2.78. The molecule has 0 saturated heterocycles. The number of aromatic carboxylic acids is 1. The summed E-state index contributed by atoms with van der Waals surface area (Å²) in [6, 6.07) is 4.89. The van der Waals surface area contributed by atoms with Gasteiger partial charge in [0.05, 0.1) is 11.3 Å². The lowest BCUT2D eigenvalue weighted by Crippen LogP contribution is -1.95. The van der Waals surface area contributed by atoms with Crippen LogP contribution in [0.15, 0.2) is 18.2 Å². The zero-order chi connectivity index (χ0) is 11.7. The summed E-state index contributed by atoms with van der Waals surface area (Å²) in [7, 11) is 0. The molecule has 1 aromatic carbocycles. The molecule has 0 fully saturated rings. The first-order chi connectivity index (χ1) is 7.63. The number of hydrogen-bond donors (Lipinski definition) is 3. The first kappa shape index (κ1) is 10.9. The molecule has 1 aromatic heterocycles. The van der Waals surface area contributed by atoms with Crippen molar-refractivity contribution in [2.45, 2.75) is 6.92 Å². The molecule has 5 heteroatoms. The topological polar surface area (TPSA) is 62.3 Å². The summed E-state index contributed by atoms with van der Waals surface area (Å²) >= 11 is 3.99. The Labute approximate surface area is 97.6 Å². The second kappa shape index (κ2) is 4.09. The number of nitrogens with one attached hydrogen (secondary N) is 1. The minimum atomic E-state index is -0.947. The summed E-state index contributed by atoms with van der Waals surface area (Å²) < 4.78 is 5.36. The van der Waals surface area contributed by atoms with Crippen LogP contribution in [0, 0.1) is 6.92 Å². The summed E-state index contributed by atoms with van der Waals surface area (Å²) in [6.07, 6.45) is 0. The number of carbonyl (C=O) groups is 1. The minimum absolute atomic E-state index is 0.246. The smallest absolute Gasteiger partial charge is 0.335 e. The molecular formula is C11H11NO3S. The predicted molar refractivity (Wildman–Crippen MR) is 64.5 cm³/mol. The highest BCUT2D eigenvalue weighted by Gasteiger charge is 2.12. The average Bonchev–Trinajstić information content (AvgIpc) is 2.55. The fourth-order valence-corrected chi connectivity index (χ4v) is 1.81. The molecule has 0 atom stereocenters. The molecule has 2 aromatic rings. The zero-order valence-corrected chi connectivity index (χ0v) is 9.54. The zero-order valence-electron chi connectivity index (χ0n) is 8.65. The van der Waals surface area contributed by atoms with Crippen molar-refractivity contribution in [1.82, 2.24) is 4.98 Å². The van der Waals surface area contributed by atoms with Crippen LogP contribution in [0.4, 0.5) is 0 Å². The van der Waals surface area contributed by atoms with E-state index < -0.39 is 5.97 Å². The van der Waals surface area contributed by atoms with Gasteiger partial charge >= 0.3 is 5.97 Å². The Bertz CT molecular complexity index is 547. The molecule has 0 bridgehead atoms. The first-order valence-corrected chi connectivity index (χ1v) is 5.36. The van der Waals surface area contributed by atoms with Gasteiger partial charge in [-0.3, -0.25) is 0 Å². The van der Waals surface area contributed by atoms with Gasteiger partial charge in [-0.25, -0.2) is 4.79 Å². The third kappa shape index (κ3) is 1.74. The Hall–Kier alpha value is -1.62. The molecule has 2 rings (SSSR count). The Morgan fingerprint density at radius 2 is 2.31 bits per heavy atom. The molecular weight excluding hydrogens is 226 g/mol. The van der Waals surface area contributed by atoms with E-state index in [1.54, 1.807) is 18.2 Å². The summed E-state index contributed by atoms with van der Waals surface area (Å²) in [5, 5.41) is 9.68. The minimum Gasteiger partial charge on any atom is -0.481 e. The van der Waals surface area contributed by atoms with Gasteiger partial charge in [-0.15, -0.1) is 12.6 Å². The van der Waals surface area contributed by atoms with E-state index in [1.165, 1.54) is 0 Å². The molecule has 0 saturated carbocycles. The van der Waals surface area contributed by atoms with Gasteiger partial charge in [-0.1, -0.05) is 0 Å². The number of H-pyrrole nitrogens is 1. The lowest BCUT2D eigenvalue weighted by atomic mass is 10.1. The number of rotatable bonds is 3. The number of aromatic nitrogens is 1. The van der Waals surface area contributed by atoms with Crippen molar-refractivity contribution in [3.8, 4) is 5.75 Å². The van der Waals surface area contributed by atoms with Gasteiger partial charge in [-0.05, 0) is 25.1 Å². The van der Waals surface area contributed by atoms with E-state index >= 15 is 0 Å². The summed E-state index contributed by atoms with van der Waals surface area (Å²) in [5.41, 5.74) is 1.97. The standard InChI is InChI=1S/C11H11NO3S/c1-6-10(15-5-16)8-4-7(11(13)14)2-3-9(8)12-6/h2-4,12,16H,5H2,1H3,(H,13,14). The number of aromatic amines is 1. The van der Waals surface area contributed by atoms with Crippen LogP contribution in [-0.2, 0) is 0 Å². The molecule has 0 unspecified atom stereocenters. The maximum absolute atomic E-state index is 10.9. The van der Waals surface area contributed by atoms with E-state index in [1.807, 2.05) is 6.92 Å². The van der Waals surface area contributed by atoms with Crippen LogP contribution in [0.3, 0.4) is 0 Å². The summed E-state index contributed by atoms with van der Waals surface area (Å²) in [4.78, 5) is 14.0. The largest absolute Gasteiger partial charge is 0.481 e. The van der Waals surface area contributed by atoms with Crippen LogP contribution in [0.5, 0.6) is 5.75 Å². The Morgan fingerprint density at radius 3 is 2.94 bits per heavy atom. The maximum Gasteiger partial charge on any atom is 0.335 e. The molecule has 0 spiro atoms. The molecule has 16 heavy (non-hydrogen) atoms. The van der Waals surface area contributed by atoms with Gasteiger partial charge in [0.1, 0.15) is 11.7 Å². The van der Waals surface area contributed by atoms with Crippen molar-refractivity contribution in [2.24, 2.45) is 0 Å². The van der Waals surface area contributed by atoms with Crippen LogP contribution in [0.1, 0.15) is 16.1 Å². The molecule has 2 N–H and O–H groups in total. The van der Waals surface area contributed by atoms with Crippen molar-refractivity contribution < 1.29 is 14.6 Å². The number of thiol groups is 1. The van der Waals surface area contributed by atoms with Crippen molar-refractivity contribution in [2.75, 3.05) is 5.94 Å². The number of carboxylic acids is 1. The highest BCUT2D eigenvalue weighted by atomic mass is 32.1. The van der Waals surface area contributed by atoms with Gasteiger partial charge in [0, 0.05) is 10.9 Å². The Morgan fingerprint density at radius 1 is 1.56 bits per heavy atom. The maximum atomic E-state index is 10.9. The predicted octanol–water partition coefficient (Wildman–Crippen LogP) is 2.44. The second-order valence-corrected chi connectivity index (χ2v) is 3.68. The summed E-state index contributed by atoms with van der Waals surface area (Å²) in [6.45, 7) is 1.87. The van der Waals surface area contributed by atoms with Crippen LogP contribution in [0.2, 0.25) is 0 Å². The van der Waals surface area contributed by atoms with Gasteiger partial charge in [-0.2, -0.15) is 0 Å². The quantitative estimate of drug-likeness (QED) is 0.567. The Balaban J connectivity index is 2.64. The lowest BCUT2D eigenvalue weighted by Gasteiger charge is -2.02. The van der Waals surface area contributed by atoms with Gasteiger partial charge in [0.15, 0.2) is 0 Å². The SMILES string of the molecule is Cc1[nH]c2ccc(C(=O)O)cc2c1OCS. The number of fused-ring (bicyclic) bond motifs is 1. The highest BCUT2D eigenvalue weighted by Crippen LogP contribution is 2.30. The monoisotopic (exact) mass is 237 g/mol. The summed E-state index contributed by atoms with van der Waals surface area (Å²) in [5.74, 6) is -0.0314. The van der Waals surface area contributed by atoms with Crippen LogP contribution in [0.25, 0.3) is 10.9 Å². The molecule has 0 aliphatic carbocycles. The van der Waals surface area contributed by atoms with Crippen LogP contribution < -0.4 is 4.74 Å². The van der Waals surface area contributed by atoms with E-state index in [-0.39, 0.29) is 11.5 Å². The van der Waals surface area contributed by atoms with Gasteiger partial charge in [0.2, 0.25) is 0 Å². The molecule has 4 nitrogen and oxygen atoms in total. The number of benzene rings is 1. The van der Waals surface area contributed by atoms with Gasteiger partial charge in [0.25, 0.3) is 0 Å². The average molecular weight is 237 g/mol. The van der Waals surface area contributed by atoms with E-state index in [9.17, 15) is 4.79 Å². The molecule has 0 aliphatic heterocycles. The second-order valence-electron chi connectivity index (χ2n) is 3.42.